The van der Waals surface area contributed by atoms with Gasteiger partial charge in [-0.25, -0.2) is 0 Å². The first-order valence-electron chi connectivity index (χ1n) is 10.9. The predicted octanol–water partition coefficient (Wildman–Crippen LogP) is 5.78. The third kappa shape index (κ3) is 3.65. The number of rotatable bonds is 5. The Labute approximate surface area is 179 Å². The Hall–Kier alpha value is -2.94. The molecule has 0 fully saturated rings. The number of nitrogens with one attached hydrogen (secondary N) is 1. The number of fused-ring (bicyclic) bond motifs is 4. The van der Waals surface area contributed by atoms with E-state index in [1.807, 2.05) is 12.3 Å². The summed E-state index contributed by atoms with van der Waals surface area (Å²) in [5.74, 6) is 0.292. The molecule has 2 aromatic rings. The summed E-state index contributed by atoms with van der Waals surface area (Å²) in [4.78, 5) is 20.2. The van der Waals surface area contributed by atoms with Crippen molar-refractivity contribution in [2.45, 2.75) is 52.0 Å². The van der Waals surface area contributed by atoms with Gasteiger partial charge in [0.25, 0.3) is 0 Å². The molecule has 0 saturated heterocycles. The number of hydrogen-bond donors (Lipinski definition) is 1. The summed E-state index contributed by atoms with van der Waals surface area (Å²) < 4.78 is 0. The van der Waals surface area contributed by atoms with E-state index in [1.165, 1.54) is 22.3 Å². The van der Waals surface area contributed by atoms with E-state index in [9.17, 15) is 4.79 Å². The highest BCUT2D eigenvalue weighted by Gasteiger charge is 2.46. The number of aromatic amines is 1. The highest BCUT2D eigenvalue weighted by molar-refractivity contribution is 5.80. The van der Waals surface area contributed by atoms with Crippen molar-refractivity contribution in [3.05, 3.63) is 98.5 Å². The van der Waals surface area contributed by atoms with E-state index in [1.54, 1.807) is 6.07 Å². The Balaban J connectivity index is 1.74. The van der Waals surface area contributed by atoms with Crippen molar-refractivity contribution in [1.29, 1.82) is 0 Å². The molecule has 2 bridgehead atoms. The molecule has 30 heavy (non-hydrogen) atoms. The van der Waals surface area contributed by atoms with Gasteiger partial charge in [-0.2, -0.15) is 0 Å². The Morgan fingerprint density at radius 1 is 1.23 bits per heavy atom. The highest BCUT2D eigenvalue weighted by Crippen LogP contribution is 2.51. The van der Waals surface area contributed by atoms with Gasteiger partial charge in [0, 0.05) is 35.9 Å². The van der Waals surface area contributed by atoms with Gasteiger partial charge in [-0.15, -0.1) is 0 Å². The van der Waals surface area contributed by atoms with E-state index >= 15 is 0 Å². The van der Waals surface area contributed by atoms with Gasteiger partial charge in [-0.1, -0.05) is 61.4 Å². The van der Waals surface area contributed by atoms with Crippen molar-refractivity contribution in [2.75, 3.05) is 0 Å². The number of H-pyrrole nitrogens is 1. The summed E-state index contributed by atoms with van der Waals surface area (Å²) in [5.41, 5.74) is 7.01. The number of hydrogen-bond acceptors (Lipinski definition) is 2. The lowest BCUT2D eigenvalue weighted by Gasteiger charge is -2.45. The molecule has 0 aliphatic heterocycles. The highest BCUT2D eigenvalue weighted by atomic mass is 16.1. The van der Waals surface area contributed by atoms with E-state index in [4.69, 9.17) is 4.99 Å². The summed E-state index contributed by atoms with van der Waals surface area (Å²) in [6.45, 7) is 6.51. The maximum absolute atomic E-state index is 11.9. The fraction of sp³-hybridized carbons (Fsp3) is 0.333. The minimum atomic E-state index is -0.427. The number of nitrogens with zero attached hydrogens (tertiary/aromatic N) is 1. The summed E-state index contributed by atoms with van der Waals surface area (Å²) in [5, 5.41) is 0. The zero-order valence-electron chi connectivity index (χ0n) is 18.1. The fourth-order valence-corrected chi connectivity index (χ4v) is 5.16. The Bertz CT molecular complexity index is 1120. The van der Waals surface area contributed by atoms with Crippen LogP contribution in [0, 0.1) is 5.92 Å². The van der Waals surface area contributed by atoms with Crippen LogP contribution in [0.3, 0.4) is 0 Å². The number of benzene rings is 1. The smallest absolute Gasteiger partial charge is 0.248 e. The van der Waals surface area contributed by atoms with Crippen LogP contribution in [0.25, 0.3) is 6.08 Å². The average molecular weight is 399 g/mol. The quantitative estimate of drug-likeness (QED) is 0.504. The number of pyridine rings is 1. The summed E-state index contributed by atoms with van der Waals surface area (Å²) >= 11 is 0. The van der Waals surface area contributed by atoms with Gasteiger partial charge < -0.3 is 4.98 Å². The molecule has 4 rings (SSSR count). The number of aromatic nitrogens is 1. The monoisotopic (exact) mass is 398 g/mol. The van der Waals surface area contributed by atoms with Crippen LogP contribution in [0.5, 0.6) is 0 Å². The van der Waals surface area contributed by atoms with Crippen molar-refractivity contribution < 1.29 is 0 Å². The molecule has 0 saturated carbocycles. The third-order valence-corrected chi connectivity index (χ3v) is 6.31. The van der Waals surface area contributed by atoms with Crippen LogP contribution >= 0.6 is 0 Å². The largest absolute Gasteiger partial charge is 0.326 e. The van der Waals surface area contributed by atoms with Crippen LogP contribution in [0.4, 0.5) is 0 Å². The maximum Gasteiger partial charge on any atom is 0.248 e. The minimum absolute atomic E-state index is 0.0389. The van der Waals surface area contributed by atoms with Gasteiger partial charge in [0.2, 0.25) is 5.56 Å². The molecular formula is C27H30N2O. The van der Waals surface area contributed by atoms with Gasteiger partial charge in [-0.3, -0.25) is 9.79 Å². The zero-order chi connectivity index (χ0) is 21.1. The Morgan fingerprint density at radius 2 is 2.07 bits per heavy atom. The first kappa shape index (κ1) is 20.3. The predicted molar refractivity (Wildman–Crippen MR) is 126 cm³/mol. The molecule has 0 radical (unpaired) electrons. The van der Waals surface area contributed by atoms with Crippen molar-refractivity contribution in [3.63, 3.8) is 0 Å². The molecule has 2 aliphatic carbocycles. The molecule has 0 unspecified atom stereocenters. The lowest BCUT2D eigenvalue weighted by molar-refractivity contribution is 0.413. The molecule has 154 valence electrons. The SMILES string of the molecule is C/C=C1\[C@H]2C=C(C)C[C@]1(N=C/C=C/c1ccccc1CCC)c1ccc(=O)[nH]c1C2. The van der Waals surface area contributed by atoms with Crippen LogP contribution in [0.15, 0.2) is 75.6 Å². The van der Waals surface area contributed by atoms with E-state index in [2.05, 4.69) is 74.3 Å². The van der Waals surface area contributed by atoms with E-state index in [-0.39, 0.29) is 5.56 Å². The van der Waals surface area contributed by atoms with Crippen molar-refractivity contribution in [3.8, 4) is 0 Å². The normalized spacial score (nSPS) is 24.4. The molecule has 1 aromatic carbocycles. The van der Waals surface area contributed by atoms with Gasteiger partial charge in [0.1, 0.15) is 5.54 Å². The lowest BCUT2D eigenvalue weighted by Crippen LogP contribution is -2.40. The molecule has 1 aromatic heterocycles. The summed E-state index contributed by atoms with van der Waals surface area (Å²) in [6, 6.07) is 12.2. The molecular weight excluding hydrogens is 368 g/mol. The van der Waals surface area contributed by atoms with E-state index < -0.39 is 5.54 Å². The first-order chi connectivity index (χ1) is 14.6. The second kappa shape index (κ2) is 8.43. The molecule has 3 nitrogen and oxygen atoms in total. The molecule has 1 N–H and O–H groups in total. The zero-order valence-corrected chi connectivity index (χ0v) is 18.1. The molecule has 0 amide bonds. The van der Waals surface area contributed by atoms with E-state index in [0.29, 0.717) is 5.92 Å². The number of aryl methyl sites for hydroxylation is 1. The van der Waals surface area contributed by atoms with Crippen LogP contribution < -0.4 is 5.56 Å². The average Bonchev–Trinajstić information content (AvgIpc) is 2.72. The van der Waals surface area contributed by atoms with Gasteiger partial charge in [0.15, 0.2) is 0 Å². The van der Waals surface area contributed by atoms with Crippen LogP contribution in [0.2, 0.25) is 0 Å². The van der Waals surface area contributed by atoms with Crippen molar-refractivity contribution in [2.24, 2.45) is 10.9 Å². The molecule has 2 atom stereocenters. The summed E-state index contributed by atoms with van der Waals surface area (Å²) in [7, 11) is 0. The van der Waals surface area contributed by atoms with Crippen LogP contribution in [0.1, 0.15) is 56.0 Å². The fourth-order valence-electron chi connectivity index (χ4n) is 5.16. The second-order valence-corrected chi connectivity index (χ2v) is 8.41. The molecule has 0 spiro atoms. The molecule has 3 heteroatoms. The van der Waals surface area contributed by atoms with Crippen LogP contribution in [-0.4, -0.2) is 11.2 Å². The standard InChI is InChI=1S/C27H30N2O/c1-4-9-20-10-6-7-11-21(20)12-8-15-28-27-18-19(3)16-22(23(27)5-2)17-25-24(27)13-14-26(30)29-25/h5-8,10-16,22H,4,9,17-18H2,1-3H3,(H,29,30)/b12-8+,23-5+,28-15?/t22-,27+/m0/s1. The molecule has 2 aliphatic rings. The minimum Gasteiger partial charge on any atom is -0.326 e. The lowest BCUT2D eigenvalue weighted by atomic mass is 9.63. The number of allylic oxidation sites excluding steroid dienone is 3. The van der Waals surface area contributed by atoms with Crippen molar-refractivity contribution in [1.82, 2.24) is 4.98 Å². The topological polar surface area (TPSA) is 45.2 Å². The van der Waals surface area contributed by atoms with Gasteiger partial charge in [0.05, 0.1) is 0 Å². The van der Waals surface area contributed by atoms with Crippen molar-refractivity contribution >= 4 is 12.3 Å². The Kier molecular flexibility index (Phi) is 5.72. The van der Waals surface area contributed by atoms with Crippen LogP contribution in [-0.2, 0) is 18.4 Å². The van der Waals surface area contributed by atoms with E-state index in [0.717, 1.165) is 36.9 Å². The second-order valence-electron chi connectivity index (χ2n) is 8.41. The number of aliphatic imine (C=N–C) groups is 1. The van der Waals surface area contributed by atoms with Gasteiger partial charge in [-0.05, 0) is 55.5 Å². The Morgan fingerprint density at radius 3 is 2.87 bits per heavy atom. The third-order valence-electron chi connectivity index (χ3n) is 6.31. The van der Waals surface area contributed by atoms with Gasteiger partial charge >= 0.3 is 0 Å². The molecule has 1 heterocycles. The summed E-state index contributed by atoms with van der Waals surface area (Å²) in [6.07, 6.45) is 14.6. The first-order valence-corrected chi connectivity index (χ1v) is 10.9. The maximum atomic E-state index is 11.9.